The molecule has 0 radical (unpaired) electrons. The maximum Gasteiger partial charge on any atom is 0.119 e. The molecule has 4 aromatic rings. The number of hydrogen-bond donors (Lipinski definition) is 0. The highest BCUT2D eigenvalue weighted by Crippen LogP contribution is 2.40. The summed E-state index contributed by atoms with van der Waals surface area (Å²) in [7, 11) is 20.2. The van der Waals surface area contributed by atoms with Crippen LogP contribution in [-0.2, 0) is 0 Å². The fourth-order valence-electron chi connectivity index (χ4n) is 11.4. The van der Waals surface area contributed by atoms with Crippen LogP contribution in [0.15, 0.2) is 188 Å². The highest BCUT2D eigenvalue weighted by molar-refractivity contribution is 6.39. The molecule has 0 unspecified atom stereocenters. The van der Waals surface area contributed by atoms with Gasteiger partial charge in [0.15, 0.2) is 0 Å². The number of quaternary nitrogens is 3. The number of halogens is 3. The molecular weight excluding hydrogens is 1180 g/mol. The van der Waals surface area contributed by atoms with Crippen LogP contribution in [0.3, 0.4) is 0 Å². The van der Waals surface area contributed by atoms with E-state index in [4.69, 9.17) is 38.9 Å². The highest BCUT2D eigenvalue weighted by atomic mass is 35.5. The summed E-state index contributed by atoms with van der Waals surface area (Å²) in [5.74, 6) is 3.39. The molecule has 14 heteroatoms. The molecule has 8 bridgehead atoms. The first kappa shape index (κ1) is 72.5. The molecule has 0 fully saturated rings. The summed E-state index contributed by atoms with van der Waals surface area (Å²) in [6.45, 7) is 8.44. The van der Waals surface area contributed by atoms with Crippen molar-refractivity contribution in [1.29, 1.82) is 0 Å². The second kappa shape index (κ2) is 34.7. The molecule has 0 amide bonds. The normalized spacial score (nSPS) is 15.2. The maximum atomic E-state index is 6.34. The first-order valence-electron chi connectivity index (χ1n) is 32.4. The quantitative estimate of drug-likeness (QED) is 0.0374. The lowest BCUT2D eigenvalue weighted by Gasteiger charge is -2.23. The molecular formula is C76H98Cl3N7O4. The Morgan fingerprint density at radius 1 is 0.267 bits per heavy atom. The summed E-state index contributed by atoms with van der Waals surface area (Å²) in [5.41, 5.74) is 14.1. The first-order valence-corrected chi connectivity index (χ1v) is 32.4. The van der Waals surface area contributed by atoms with E-state index >= 15 is 0 Å². The van der Waals surface area contributed by atoms with Gasteiger partial charge in [0.25, 0.3) is 0 Å². The average Bonchev–Trinajstić information content (AvgIpc) is 1.66. The zero-order valence-electron chi connectivity index (χ0n) is 55.3. The summed E-state index contributed by atoms with van der Waals surface area (Å²) < 4.78 is 28.3. The van der Waals surface area contributed by atoms with Gasteiger partial charge in [-0.25, -0.2) is 20.0 Å². The van der Waals surface area contributed by atoms with Gasteiger partial charge in [0.2, 0.25) is 0 Å². The Kier molecular flexibility index (Phi) is 28.0. The van der Waals surface area contributed by atoms with E-state index in [-0.39, 0.29) is 37.2 Å². The van der Waals surface area contributed by atoms with Gasteiger partial charge in [0, 0.05) is 22.3 Å². The number of aliphatic imine (C=N–C) groups is 4. The minimum Gasteiger partial charge on any atom is -1.00 e. The van der Waals surface area contributed by atoms with E-state index in [2.05, 4.69) is 216 Å². The monoisotopic (exact) mass is 1280 g/mol. The minimum absolute atomic E-state index is 0. The summed E-state index contributed by atoms with van der Waals surface area (Å²) >= 11 is 0. The lowest BCUT2D eigenvalue weighted by atomic mass is 9.98. The Bertz CT molecular complexity index is 3330. The molecule has 0 saturated carbocycles. The maximum absolute atomic E-state index is 6.34. The van der Waals surface area contributed by atoms with Gasteiger partial charge in [-0.05, 0) is 184 Å². The van der Waals surface area contributed by atoms with Gasteiger partial charge in [0.05, 0.1) is 155 Å². The van der Waals surface area contributed by atoms with Crippen molar-refractivity contribution < 1.29 is 69.6 Å². The van der Waals surface area contributed by atoms with E-state index in [9.17, 15) is 0 Å². The van der Waals surface area contributed by atoms with Crippen LogP contribution in [0.5, 0.6) is 23.0 Å². The van der Waals surface area contributed by atoms with Gasteiger partial charge >= 0.3 is 0 Å². The van der Waals surface area contributed by atoms with Gasteiger partial charge in [-0.2, -0.15) is 0 Å². The smallest absolute Gasteiger partial charge is 0.119 e. The fourth-order valence-corrected chi connectivity index (χ4v) is 11.4. The van der Waals surface area contributed by atoms with Crippen molar-refractivity contribution in [3.8, 4) is 23.0 Å². The summed E-state index contributed by atoms with van der Waals surface area (Å²) in [6.07, 6.45) is 34.3. The lowest BCUT2D eigenvalue weighted by molar-refractivity contribution is -0.870. The predicted molar refractivity (Wildman–Crippen MR) is 365 cm³/mol. The number of nitrogens with zero attached hydrogens (tertiary/aromatic N) is 7. The third kappa shape index (κ3) is 21.5. The Morgan fingerprint density at radius 3 is 0.700 bits per heavy atom. The molecule has 11 nitrogen and oxygen atoms in total. The Hall–Kier alpha value is -6.57. The molecule has 9 rings (SSSR count). The van der Waals surface area contributed by atoms with Gasteiger partial charge < -0.3 is 69.6 Å². The predicted octanol–water partition coefficient (Wildman–Crippen LogP) is 7.21. The van der Waals surface area contributed by atoms with Crippen LogP contribution >= 0.6 is 0 Å². The van der Waals surface area contributed by atoms with Crippen molar-refractivity contribution in [2.75, 3.05) is 109 Å². The minimum atomic E-state index is 0. The van der Waals surface area contributed by atoms with Crippen LogP contribution in [0.25, 0.3) is 22.3 Å². The van der Waals surface area contributed by atoms with Crippen LogP contribution in [0, 0.1) is 0 Å². The second-order valence-corrected chi connectivity index (χ2v) is 26.8. The zero-order chi connectivity index (χ0) is 61.2. The average molecular weight is 1280 g/mol. The molecule has 5 aliphatic heterocycles. The van der Waals surface area contributed by atoms with E-state index in [1.165, 1.54) is 51.4 Å². The van der Waals surface area contributed by atoms with E-state index < -0.39 is 0 Å². The standard InChI is InChI=1S/C76H98N7O4.3ClH/c1-11-12-13-14-15-22-53-84-61-34-26-57(27-35-61)73-65-42-44-67(77-65)74(58-28-36-62(37-29-58)85-54-23-16-19-50-81(2,3)4)69-46-48-71(79-69)76(60-32-40-64(41-33-60)87-56-25-18-21-52-83(8,9)10)72-49-47-70(80-72)75(68-45-43-66(73)78-68)59-30-38-63(39-31-59)86-55-24-17-20-51-82(5,6)7;;;/h26-49H,11-25,50-56H2,1-10H3;3*1H/q+3;;;/p-3. The molecule has 0 aliphatic carbocycles. The second-order valence-electron chi connectivity index (χ2n) is 26.8. The number of rotatable bonds is 33. The molecule has 5 aliphatic rings. The molecule has 0 saturated heterocycles. The Morgan fingerprint density at radius 2 is 0.478 bits per heavy atom. The zero-order valence-corrected chi connectivity index (χ0v) is 57.6. The number of ether oxygens (including phenoxy) is 4. The van der Waals surface area contributed by atoms with Crippen molar-refractivity contribution in [1.82, 2.24) is 0 Å². The van der Waals surface area contributed by atoms with Gasteiger partial charge in [-0.15, -0.1) is 0 Å². The Balaban J connectivity index is 0.00000430. The van der Waals surface area contributed by atoms with Gasteiger partial charge in [0.1, 0.15) is 23.0 Å². The fraction of sp³-hybridized carbons (Fsp3) is 0.421. The number of allylic oxidation sites excluding steroid dienone is 12. The van der Waals surface area contributed by atoms with E-state index in [1.54, 1.807) is 0 Å². The Labute approximate surface area is 557 Å². The molecule has 0 spiro atoms. The number of unbranched alkanes of at least 4 members (excludes halogenated alkanes) is 11. The third-order valence-electron chi connectivity index (χ3n) is 16.2. The highest BCUT2D eigenvalue weighted by Gasteiger charge is 2.28. The largest absolute Gasteiger partial charge is 1.00 e. The SMILES string of the molecule is CCCCCCCCOc1ccc(C2=C3C=CC(=N3)C(c3ccc(OCCCCC[N+](C)(C)C)cc3)=C3C=CC(=N3)C(c3ccc(OCCCCC[N+](C)(C)C)cc3)=C3C=CC(=N3)C(c3ccc(OCCCCC[N+](C)(C)C)cc3)=C3C=CC2=N3)cc1.[Cl-].[Cl-].[Cl-]. The van der Waals surface area contributed by atoms with E-state index in [0.29, 0.717) is 26.4 Å². The number of benzene rings is 4. The van der Waals surface area contributed by atoms with Crippen LogP contribution < -0.4 is 56.2 Å². The number of fused-ring (bicyclic) bond motifs is 4. The first-order chi connectivity index (χ1) is 42.0. The molecule has 0 atom stereocenters. The van der Waals surface area contributed by atoms with Crippen molar-refractivity contribution in [2.45, 2.75) is 103 Å². The van der Waals surface area contributed by atoms with Gasteiger partial charge in [-0.1, -0.05) is 87.6 Å². The van der Waals surface area contributed by atoms with Crippen LogP contribution in [0.1, 0.15) is 125 Å². The molecule has 482 valence electrons. The molecule has 4 aromatic carbocycles. The van der Waals surface area contributed by atoms with Crippen molar-refractivity contribution in [3.05, 3.63) is 191 Å². The molecule has 90 heavy (non-hydrogen) atoms. The summed E-state index contributed by atoms with van der Waals surface area (Å²) in [6, 6.07) is 33.8. The summed E-state index contributed by atoms with van der Waals surface area (Å²) in [4.78, 5) is 22.3. The van der Waals surface area contributed by atoms with Crippen LogP contribution in [0.4, 0.5) is 0 Å². The van der Waals surface area contributed by atoms with E-state index in [0.717, 1.165) is 191 Å². The van der Waals surface area contributed by atoms with Gasteiger partial charge in [-0.3, -0.25) is 0 Å². The summed E-state index contributed by atoms with van der Waals surface area (Å²) in [5, 5.41) is 0. The lowest BCUT2D eigenvalue weighted by Crippen LogP contribution is -3.00. The van der Waals surface area contributed by atoms with Crippen molar-refractivity contribution >= 4 is 45.1 Å². The third-order valence-corrected chi connectivity index (χ3v) is 16.2. The number of hydrogen-bond acceptors (Lipinski definition) is 8. The van der Waals surface area contributed by atoms with Crippen molar-refractivity contribution in [2.24, 2.45) is 20.0 Å². The molecule has 0 aromatic heterocycles. The topological polar surface area (TPSA) is 86.4 Å². The van der Waals surface area contributed by atoms with E-state index in [1.807, 2.05) is 0 Å². The van der Waals surface area contributed by atoms with Crippen molar-refractivity contribution in [3.63, 3.8) is 0 Å². The molecule has 5 heterocycles. The molecule has 0 N–H and O–H groups in total. The van der Waals surface area contributed by atoms with Crippen LogP contribution in [-0.4, -0.2) is 146 Å². The van der Waals surface area contributed by atoms with Crippen LogP contribution in [0.2, 0.25) is 0 Å².